The van der Waals surface area contributed by atoms with Crippen LogP contribution < -0.4 is 14.8 Å². The van der Waals surface area contributed by atoms with Crippen molar-refractivity contribution in [2.75, 3.05) is 38.3 Å². The van der Waals surface area contributed by atoms with Crippen LogP contribution in [0.4, 0.5) is 10.5 Å². The zero-order valence-electron chi connectivity index (χ0n) is 13.9. The molecule has 0 radical (unpaired) electrons. The van der Waals surface area contributed by atoms with Gasteiger partial charge in [-0.15, -0.1) is 0 Å². The van der Waals surface area contributed by atoms with E-state index in [1.807, 2.05) is 29.3 Å². The van der Waals surface area contributed by atoms with Gasteiger partial charge in [0, 0.05) is 56.9 Å². The minimum absolute atomic E-state index is 0.0834. The molecule has 4 rings (SSSR count). The van der Waals surface area contributed by atoms with Crippen LogP contribution >= 0.6 is 0 Å². The second kappa shape index (κ2) is 6.98. The van der Waals surface area contributed by atoms with Gasteiger partial charge in [0.15, 0.2) is 11.5 Å². The quantitative estimate of drug-likeness (QED) is 0.927. The Hall–Kier alpha value is -2.80. The van der Waals surface area contributed by atoms with Gasteiger partial charge >= 0.3 is 6.03 Å². The maximum atomic E-state index is 12.4. The molecular formula is C18H20N4O3. The first-order valence-electron chi connectivity index (χ1n) is 8.35. The van der Waals surface area contributed by atoms with E-state index in [-0.39, 0.29) is 12.8 Å². The fourth-order valence-corrected chi connectivity index (χ4v) is 3.04. The number of hydrogen-bond acceptors (Lipinski definition) is 5. The standard InChI is InChI=1S/C18H20N4O3/c23-18(20-15-3-4-16-17(10-15)25-13-24-16)22-8-6-21(7-9-22)12-14-2-1-5-19-11-14/h1-5,10-11H,6-9,12-13H2,(H,20,23). The number of benzene rings is 1. The number of rotatable bonds is 3. The molecule has 2 aliphatic rings. The van der Waals surface area contributed by atoms with Gasteiger partial charge in [-0.3, -0.25) is 9.88 Å². The molecule has 1 fully saturated rings. The zero-order chi connectivity index (χ0) is 17.1. The number of aromatic nitrogens is 1. The van der Waals surface area contributed by atoms with E-state index in [1.165, 1.54) is 5.56 Å². The Morgan fingerprint density at radius 1 is 1.12 bits per heavy atom. The summed E-state index contributed by atoms with van der Waals surface area (Å²) < 4.78 is 10.6. The Morgan fingerprint density at radius 2 is 1.96 bits per heavy atom. The van der Waals surface area contributed by atoms with Crippen molar-refractivity contribution in [2.45, 2.75) is 6.54 Å². The van der Waals surface area contributed by atoms with Crippen molar-refractivity contribution in [3.63, 3.8) is 0 Å². The summed E-state index contributed by atoms with van der Waals surface area (Å²) in [7, 11) is 0. The van der Waals surface area contributed by atoms with Crippen molar-refractivity contribution in [2.24, 2.45) is 0 Å². The molecule has 0 aliphatic carbocycles. The van der Waals surface area contributed by atoms with Gasteiger partial charge in [-0.2, -0.15) is 0 Å². The molecule has 2 aromatic rings. The van der Waals surface area contributed by atoms with Crippen molar-refractivity contribution in [3.05, 3.63) is 48.3 Å². The molecule has 1 N–H and O–H groups in total. The fraction of sp³-hybridized carbons (Fsp3) is 0.333. The summed E-state index contributed by atoms with van der Waals surface area (Å²) in [6.45, 7) is 4.21. The number of carbonyl (C=O) groups excluding carboxylic acids is 1. The fourth-order valence-electron chi connectivity index (χ4n) is 3.04. The third-order valence-corrected chi connectivity index (χ3v) is 4.41. The van der Waals surface area contributed by atoms with E-state index in [0.717, 1.165) is 19.6 Å². The summed E-state index contributed by atoms with van der Waals surface area (Å²) in [4.78, 5) is 20.8. The van der Waals surface area contributed by atoms with Crippen molar-refractivity contribution in [3.8, 4) is 11.5 Å². The van der Waals surface area contributed by atoms with Crippen LogP contribution in [0.15, 0.2) is 42.7 Å². The highest BCUT2D eigenvalue weighted by molar-refractivity contribution is 5.89. The Bertz CT molecular complexity index is 745. The molecule has 130 valence electrons. The summed E-state index contributed by atoms with van der Waals surface area (Å²) in [5, 5.41) is 2.93. The number of urea groups is 1. The van der Waals surface area contributed by atoms with Crippen LogP contribution in [0.3, 0.4) is 0 Å². The molecule has 3 heterocycles. The summed E-state index contributed by atoms with van der Waals surface area (Å²) in [6.07, 6.45) is 3.67. The van der Waals surface area contributed by atoms with E-state index in [9.17, 15) is 4.79 Å². The van der Waals surface area contributed by atoms with Crippen LogP contribution in [-0.4, -0.2) is 53.8 Å². The molecule has 25 heavy (non-hydrogen) atoms. The van der Waals surface area contributed by atoms with Crippen LogP contribution in [0, 0.1) is 0 Å². The molecular weight excluding hydrogens is 320 g/mol. The second-order valence-electron chi connectivity index (χ2n) is 6.12. The lowest BCUT2D eigenvalue weighted by Gasteiger charge is -2.34. The van der Waals surface area contributed by atoms with E-state index in [4.69, 9.17) is 9.47 Å². The molecule has 2 aliphatic heterocycles. The van der Waals surface area contributed by atoms with Gasteiger partial charge in [-0.25, -0.2) is 4.79 Å². The Balaban J connectivity index is 1.29. The van der Waals surface area contributed by atoms with Gasteiger partial charge in [0.1, 0.15) is 0 Å². The third kappa shape index (κ3) is 3.66. The molecule has 0 atom stereocenters. The number of amides is 2. The number of pyridine rings is 1. The summed E-state index contributed by atoms with van der Waals surface area (Å²) in [5.41, 5.74) is 1.91. The minimum Gasteiger partial charge on any atom is -0.454 e. The average molecular weight is 340 g/mol. The minimum atomic E-state index is -0.0834. The van der Waals surface area contributed by atoms with E-state index >= 15 is 0 Å². The van der Waals surface area contributed by atoms with Crippen LogP contribution in [0.25, 0.3) is 0 Å². The van der Waals surface area contributed by atoms with Gasteiger partial charge in [0.05, 0.1) is 0 Å². The second-order valence-corrected chi connectivity index (χ2v) is 6.12. The maximum Gasteiger partial charge on any atom is 0.321 e. The molecule has 1 aromatic carbocycles. The Kier molecular flexibility index (Phi) is 4.39. The average Bonchev–Trinajstić information content (AvgIpc) is 3.11. The SMILES string of the molecule is O=C(Nc1ccc2c(c1)OCO2)N1CCN(Cc2cccnc2)CC1. The monoisotopic (exact) mass is 340 g/mol. The number of fused-ring (bicyclic) bond motifs is 1. The van der Waals surface area contributed by atoms with Crippen LogP contribution in [0.1, 0.15) is 5.56 Å². The highest BCUT2D eigenvalue weighted by atomic mass is 16.7. The molecule has 7 nitrogen and oxygen atoms in total. The molecule has 0 unspecified atom stereocenters. The largest absolute Gasteiger partial charge is 0.454 e. The van der Waals surface area contributed by atoms with Gasteiger partial charge < -0.3 is 19.7 Å². The molecule has 2 amide bonds. The normalized spacial score (nSPS) is 16.7. The molecule has 7 heteroatoms. The molecule has 0 saturated carbocycles. The van der Waals surface area contributed by atoms with Gasteiger partial charge in [0.25, 0.3) is 0 Å². The number of anilines is 1. The lowest BCUT2D eigenvalue weighted by molar-refractivity contribution is 0.143. The van der Waals surface area contributed by atoms with E-state index in [0.29, 0.717) is 30.3 Å². The number of hydrogen-bond donors (Lipinski definition) is 1. The first-order chi connectivity index (χ1) is 12.3. The number of piperazine rings is 1. The highest BCUT2D eigenvalue weighted by Gasteiger charge is 2.22. The van der Waals surface area contributed by atoms with E-state index < -0.39 is 0 Å². The van der Waals surface area contributed by atoms with Crippen molar-refractivity contribution < 1.29 is 14.3 Å². The number of ether oxygens (including phenoxy) is 2. The first-order valence-corrected chi connectivity index (χ1v) is 8.35. The lowest BCUT2D eigenvalue weighted by atomic mass is 10.2. The summed E-state index contributed by atoms with van der Waals surface area (Å²) >= 11 is 0. The maximum absolute atomic E-state index is 12.4. The first kappa shape index (κ1) is 15.7. The van der Waals surface area contributed by atoms with Crippen LogP contribution in [-0.2, 0) is 6.54 Å². The van der Waals surface area contributed by atoms with Crippen LogP contribution in [0.2, 0.25) is 0 Å². The number of nitrogens with one attached hydrogen (secondary N) is 1. The molecule has 1 saturated heterocycles. The van der Waals surface area contributed by atoms with Crippen molar-refractivity contribution >= 4 is 11.7 Å². The summed E-state index contributed by atoms with van der Waals surface area (Å²) in [5.74, 6) is 1.38. The smallest absolute Gasteiger partial charge is 0.321 e. The lowest BCUT2D eigenvalue weighted by Crippen LogP contribution is -2.49. The van der Waals surface area contributed by atoms with Gasteiger partial charge in [0.2, 0.25) is 6.79 Å². The third-order valence-electron chi connectivity index (χ3n) is 4.41. The highest BCUT2D eigenvalue weighted by Crippen LogP contribution is 2.34. The van der Waals surface area contributed by atoms with Gasteiger partial charge in [-0.05, 0) is 23.8 Å². The predicted molar refractivity (Wildman–Crippen MR) is 92.7 cm³/mol. The zero-order valence-corrected chi connectivity index (χ0v) is 13.9. The molecule has 1 aromatic heterocycles. The van der Waals surface area contributed by atoms with Crippen LogP contribution in [0.5, 0.6) is 11.5 Å². The summed E-state index contributed by atoms with van der Waals surface area (Å²) in [6, 6.07) is 9.36. The van der Waals surface area contributed by atoms with Crippen molar-refractivity contribution in [1.82, 2.24) is 14.8 Å². The number of nitrogens with zero attached hydrogens (tertiary/aromatic N) is 3. The molecule has 0 bridgehead atoms. The topological polar surface area (TPSA) is 66.9 Å². The van der Waals surface area contributed by atoms with Gasteiger partial charge in [-0.1, -0.05) is 6.07 Å². The van der Waals surface area contributed by atoms with E-state index in [2.05, 4.69) is 21.3 Å². The molecule has 0 spiro atoms. The Labute approximate surface area is 146 Å². The van der Waals surface area contributed by atoms with Crippen molar-refractivity contribution in [1.29, 1.82) is 0 Å². The number of carbonyl (C=O) groups is 1. The predicted octanol–water partition coefficient (Wildman–Crippen LogP) is 2.16. The van der Waals surface area contributed by atoms with E-state index in [1.54, 1.807) is 12.3 Å². The Morgan fingerprint density at radius 3 is 2.76 bits per heavy atom.